The van der Waals surface area contributed by atoms with Gasteiger partial charge in [0, 0.05) is 11.8 Å². The predicted molar refractivity (Wildman–Crippen MR) is 110 cm³/mol. The van der Waals surface area contributed by atoms with Crippen LogP contribution in [0.1, 0.15) is 46.9 Å². The zero-order chi connectivity index (χ0) is 20.1. The van der Waals surface area contributed by atoms with Gasteiger partial charge < -0.3 is 10.6 Å². The molecular formula is C22H21N5O. The van der Waals surface area contributed by atoms with Gasteiger partial charge in [0.15, 0.2) is 0 Å². The van der Waals surface area contributed by atoms with E-state index in [2.05, 4.69) is 40.5 Å². The predicted octanol–water partition coefficient (Wildman–Crippen LogP) is 4.78. The first-order valence-electron chi connectivity index (χ1n) is 8.98. The number of nitrogens with one attached hydrogen (secondary N) is 2. The molecule has 0 fully saturated rings. The highest BCUT2D eigenvalue weighted by molar-refractivity contribution is 6.04. The van der Waals surface area contributed by atoms with Crippen molar-refractivity contribution in [2.75, 3.05) is 10.6 Å². The molecule has 3 aromatic rings. The summed E-state index contributed by atoms with van der Waals surface area (Å²) in [7, 11) is 0. The van der Waals surface area contributed by atoms with E-state index >= 15 is 0 Å². The van der Waals surface area contributed by atoms with Crippen molar-refractivity contribution in [1.29, 1.82) is 5.26 Å². The molecular weight excluding hydrogens is 350 g/mol. The van der Waals surface area contributed by atoms with Gasteiger partial charge in [0.25, 0.3) is 5.91 Å². The number of nitriles is 1. The second-order valence-corrected chi connectivity index (χ2v) is 6.72. The van der Waals surface area contributed by atoms with Crippen LogP contribution in [0.3, 0.4) is 0 Å². The van der Waals surface area contributed by atoms with E-state index in [-0.39, 0.29) is 17.5 Å². The van der Waals surface area contributed by atoms with Crippen molar-refractivity contribution in [3.63, 3.8) is 0 Å². The standard InChI is InChI=1S/C22H21N5O/c1-14(2)17-9-6-7-15(3)21(17)27-22(28)19-11-20(25-13-24-19)26-18-10-5-4-8-16(18)12-23/h4-11,13-14H,1-3H3,(H,27,28)(H,24,25,26). The Morgan fingerprint density at radius 3 is 2.64 bits per heavy atom. The lowest BCUT2D eigenvalue weighted by molar-refractivity contribution is 0.102. The third-order valence-corrected chi connectivity index (χ3v) is 4.38. The number of carbonyl (C=O) groups is 1. The number of aromatic nitrogens is 2. The van der Waals surface area contributed by atoms with Gasteiger partial charge in [0.2, 0.25) is 0 Å². The maximum Gasteiger partial charge on any atom is 0.274 e. The largest absolute Gasteiger partial charge is 0.339 e. The first kappa shape index (κ1) is 19.1. The molecule has 140 valence electrons. The molecule has 0 atom stereocenters. The highest BCUT2D eigenvalue weighted by Crippen LogP contribution is 2.28. The summed E-state index contributed by atoms with van der Waals surface area (Å²) in [6.45, 7) is 6.14. The average molecular weight is 371 g/mol. The Morgan fingerprint density at radius 1 is 1.11 bits per heavy atom. The molecule has 6 heteroatoms. The van der Waals surface area contributed by atoms with Gasteiger partial charge in [-0.15, -0.1) is 0 Å². The molecule has 1 amide bonds. The van der Waals surface area contributed by atoms with Crippen LogP contribution < -0.4 is 10.6 Å². The summed E-state index contributed by atoms with van der Waals surface area (Å²) < 4.78 is 0. The van der Waals surface area contributed by atoms with Crippen molar-refractivity contribution in [1.82, 2.24) is 9.97 Å². The van der Waals surface area contributed by atoms with Crippen LogP contribution in [-0.4, -0.2) is 15.9 Å². The molecule has 0 radical (unpaired) electrons. The number of amides is 1. The van der Waals surface area contributed by atoms with E-state index in [1.165, 1.54) is 6.33 Å². The number of benzene rings is 2. The fourth-order valence-electron chi connectivity index (χ4n) is 2.90. The maximum atomic E-state index is 12.8. The first-order chi connectivity index (χ1) is 13.5. The number of anilines is 3. The molecule has 2 N–H and O–H groups in total. The summed E-state index contributed by atoms with van der Waals surface area (Å²) in [6.07, 6.45) is 1.33. The topological polar surface area (TPSA) is 90.7 Å². The highest BCUT2D eigenvalue weighted by Gasteiger charge is 2.15. The Labute approximate surface area is 164 Å². The highest BCUT2D eigenvalue weighted by atomic mass is 16.1. The summed E-state index contributed by atoms with van der Waals surface area (Å²) in [5.74, 6) is 0.409. The van der Waals surface area contributed by atoms with E-state index in [0.717, 1.165) is 16.8 Å². The minimum Gasteiger partial charge on any atom is -0.339 e. The number of aryl methyl sites for hydroxylation is 1. The number of para-hydroxylation sites is 2. The molecule has 2 aromatic carbocycles. The zero-order valence-corrected chi connectivity index (χ0v) is 16.0. The van der Waals surface area contributed by atoms with Crippen LogP contribution in [0.4, 0.5) is 17.2 Å². The van der Waals surface area contributed by atoms with Gasteiger partial charge in [-0.3, -0.25) is 4.79 Å². The smallest absolute Gasteiger partial charge is 0.274 e. The molecule has 0 aliphatic heterocycles. The van der Waals surface area contributed by atoms with E-state index in [1.807, 2.05) is 31.2 Å². The SMILES string of the molecule is Cc1cccc(C(C)C)c1NC(=O)c1cc(Nc2ccccc2C#N)ncn1. The Kier molecular flexibility index (Phi) is 5.66. The van der Waals surface area contributed by atoms with E-state index in [1.54, 1.807) is 24.3 Å². The molecule has 0 unspecified atom stereocenters. The lowest BCUT2D eigenvalue weighted by atomic mass is 9.98. The summed E-state index contributed by atoms with van der Waals surface area (Å²) in [4.78, 5) is 21.0. The van der Waals surface area contributed by atoms with E-state index in [9.17, 15) is 10.1 Å². The number of nitrogens with zero attached hydrogens (tertiary/aromatic N) is 3. The number of hydrogen-bond acceptors (Lipinski definition) is 5. The van der Waals surface area contributed by atoms with Crippen molar-refractivity contribution in [3.8, 4) is 6.07 Å². The Morgan fingerprint density at radius 2 is 1.89 bits per heavy atom. The minimum atomic E-state index is -0.310. The van der Waals surface area contributed by atoms with E-state index in [4.69, 9.17) is 0 Å². The molecule has 0 aliphatic rings. The molecule has 0 aliphatic carbocycles. The van der Waals surface area contributed by atoms with Gasteiger partial charge in [-0.25, -0.2) is 9.97 Å². The fraction of sp³-hybridized carbons (Fsp3) is 0.182. The summed E-state index contributed by atoms with van der Waals surface area (Å²) >= 11 is 0. The van der Waals surface area contributed by atoms with Crippen LogP contribution in [0.15, 0.2) is 54.9 Å². The number of carbonyl (C=O) groups excluding carboxylic acids is 1. The third kappa shape index (κ3) is 4.15. The Balaban J connectivity index is 1.85. The second-order valence-electron chi connectivity index (χ2n) is 6.72. The van der Waals surface area contributed by atoms with Crippen LogP contribution in [0.5, 0.6) is 0 Å². The quantitative estimate of drug-likeness (QED) is 0.674. The molecule has 6 nitrogen and oxygen atoms in total. The Bertz CT molecular complexity index is 1050. The van der Waals surface area contributed by atoms with E-state index < -0.39 is 0 Å². The summed E-state index contributed by atoms with van der Waals surface area (Å²) in [5.41, 5.74) is 4.23. The number of hydrogen-bond donors (Lipinski definition) is 2. The lowest BCUT2D eigenvalue weighted by Crippen LogP contribution is -2.16. The zero-order valence-electron chi connectivity index (χ0n) is 16.0. The van der Waals surface area contributed by atoms with Crippen molar-refractivity contribution in [2.24, 2.45) is 0 Å². The van der Waals surface area contributed by atoms with Crippen LogP contribution in [0.2, 0.25) is 0 Å². The van der Waals surface area contributed by atoms with Crippen LogP contribution in [-0.2, 0) is 0 Å². The van der Waals surface area contributed by atoms with Crippen LogP contribution in [0, 0.1) is 18.3 Å². The van der Waals surface area contributed by atoms with Crippen molar-refractivity contribution >= 4 is 23.1 Å². The molecule has 1 heterocycles. The van der Waals surface area contributed by atoms with Gasteiger partial charge >= 0.3 is 0 Å². The van der Waals surface area contributed by atoms with Crippen LogP contribution >= 0.6 is 0 Å². The normalized spacial score (nSPS) is 10.4. The Hall–Kier alpha value is -3.72. The second kappa shape index (κ2) is 8.31. The van der Waals surface area contributed by atoms with Crippen LogP contribution in [0.25, 0.3) is 0 Å². The molecule has 1 aromatic heterocycles. The van der Waals surface area contributed by atoms with Gasteiger partial charge in [-0.05, 0) is 36.1 Å². The van der Waals surface area contributed by atoms with Crippen molar-refractivity contribution in [3.05, 3.63) is 77.2 Å². The van der Waals surface area contributed by atoms with Gasteiger partial charge in [-0.1, -0.05) is 44.2 Å². The van der Waals surface area contributed by atoms with Crippen molar-refractivity contribution in [2.45, 2.75) is 26.7 Å². The maximum absolute atomic E-state index is 12.8. The summed E-state index contributed by atoms with van der Waals surface area (Å²) in [5, 5.41) is 15.3. The fourth-order valence-corrected chi connectivity index (χ4v) is 2.90. The molecule has 3 rings (SSSR count). The monoisotopic (exact) mass is 371 g/mol. The lowest BCUT2D eigenvalue weighted by Gasteiger charge is -2.16. The van der Waals surface area contributed by atoms with Gasteiger partial charge in [0.05, 0.1) is 11.3 Å². The minimum absolute atomic E-state index is 0.241. The first-order valence-corrected chi connectivity index (χ1v) is 8.98. The van der Waals surface area contributed by atoms with Crippen molar-refractivity contribution < 1.29 is 4.79 Å². The van der Waals surface area contributed by atoms with E-state index in [0.29, 0.717) is 17.1 Å². The average Bonchev–Trinajstić information content (AvgIpc) is 2.70. The number of rotatable bonds is 5. The molecule has 0 spiro atoms. The summed E-state index contributed by atoms with van der Waals surface area (Å²) in [6, 6.07) is 16.8. The molecule has 28 heavy (non-hydrogen) atoms. The molecule has 0 saturated carbocycles. The third-order valence-electron chi connectivity index (χ3n) is 4.38. The molecule has 0 saturated heterocycles. The molecule has 0 bridgehead atoms. The van der Waals surface area contributed by atoms with Gasteiger partial charge in [0.1, 0.15) is 23.9 Å². The van der Waals surface area contributed by atoms with Gasteiger partial charge in [-0.2, -0.15) is 5.26 Å².